The molecule has 0 aliphatic carbocycles. The van der Waals surface area contributed by atoms with E-state index >= 15 is 0 Å². The van der Waals surface area contributed by atoms with Crippen LogP contribution in [-0.4, -0.2) is 74.3 Å². The summed E-state index contributed by atoms with van der Waals surface area (Å²) in [4.78, 5) is 53.2. The van der Waals surface area contributed by atoms with Crippen LogP contribution in [0, 0.1) is 6.92 Å². The Hall–Kier alpha value is -7.42. The molecule has 0 saturated heterocycles. The molecule has 0 aliphatic heterocycles. The number of carbonyl (C=O) groups is 4. The maximum absolute atomic E-state index is 12.1. The topological polar surface area (TPSA) is 227 Å². The van der Waals surface area contributed by atoms with Crippen molar-refractivity contribution in [2.75, 3.05) is 20.2 Å². The fraction of sp³-hybridized carbons (Fsp3) is 0.105. The lowest BCUT2D eigenvalue weighted by Crippen LogP contribution is -2.30. The third-order valence-electron chi connectivity index (χ3n) is 7.48. The van der Waals surface area contributed by atoms with E-state index in [4.69, 9.17) is 24.4 Å². The molecule has 2 aromatic heterocycles. The molecule has 53 heavy (non-hydrogen) atoms. The number of nitrogens with one attached hydrogen (secondary N) is 2. The lowest BCUT2D eigenvalue weighted by Gasteiger charge is -2.12. The number of aliphatic carboxylic acids is 2. The van der Waals surface area contributed by atoms with Crippen molar-refractivity contribution in [2.24, 2.45) is 0 Å². The Labute approximate surface area is 301 Å². The molecule has 0 unspecified atom stereocenters. The van der Waals surface area contributed by atoms with Crippen LogP contribution in [-0.2, 0) is 9.59 Å². The largest absolute Gasteiger partial charge is 0.505 e. The number of aromatic hydroxyl groups is 2. The van der Waals surface area contributed by atoms with Crippen LogP contribution < -0.4 is 24.8 Å². The average molecular weight is 721 g/mol. The Morgan fingerprint density at radius 1 is 0.623 bits per heavy atom. The second-order valence-corrected chi connectivity index (χ2v) is 11.2. The minimum absolute atomic E-state index is 0.215. The van der Waals surface area contributed by atoms with Crippen LogP contribution in [0.15, 0.2) is 97.2 Å². The number of nitrogens with zero attached hydrogens (tertiary/aromatic N) is 2. The highest BCUT2D eigenvalue weighted by Gasteiger charge is 2.19. The van der Waals surface area contributed by atoms with Crippen molar-refractivity contribution in [3.63, 3.8) is 0 Å². The molecule has 6 N–H and O–H groups in total. The van der Waals surface area contributed by atoms with Crippen molar-refractivity contribution >= 4 is 45.3 Å². The molecule has 0 aliphatic rings. The third-order valence-corrected chi connectivity index (χ3v) is 7.48. The van der Waals surface area contributed by atoms with Gasteiger partial charge in [0.1, 0.15) is 41.8 Å². The van der Waals surface area contributed by atoms with E-state index in [0.717, 1.165) is 0 Å². The molecular formula is C38H32N4O11. The van der Waals surface area contributed by atoms with E-state index in [9.17, 15) is 29.4 Å². The molecule has 0 radical (unpaired) electrons. The van der Waals surface area contributed by atoms with Crippen molar-refractivity contribution in [3.8, 4) is 40.2 Å². The zero-order valence-corrected chi connectivity index (χ0v) is 28.2. The maximum Gasteiger partial charge on any atom is 0.322 e. The van der Waals surface area contributed by atoms with Gasteiger partial charge in [-0.2, -0.15) is 0 Å². The first kappa shape index (κ1) is 36.9. The Morgan fingerprint density at radius 3 is 1.74 bits per heavy atom. The van der Waals surface area contributed by atoms with Crippen molar-refractivity contribution in [1.29, 1.82) is 0 Å². The predicted octanol–water partition coefficient (Wildman–Crippen LogP) is 5.41. The number of ether oxygens (including phenoxy) is 3. The number of methoxy groups -OCH3 is 1. The van der Waals surface area contributed by atoms with Crippen molar-refractivity contribution in [3.05, 3.63) is 114 Å². The van der Waals surface area contributed by atoms with Gasteiger partial charge in [0.15, 0.2) is 22.9 Å². The van der Waals surface area contributed by atoms with Gasteiger partial charge in [-0.15, -0.1) is 0 Å². The van der Waals surface area contributed by atoms with E-state index in [-0.39, 0.29) is 22.9 Å². The molecule has 0 saturated carbocycles. The summed E-state index contributed by atoms with van der Waals surface area (Å²) in [5.41, 5.74) is 0.0531. The number of pyridine rings is 2. The molecule has 2 heterocycles. The van der Waals surface area contributed by atoms with Crippen LogP contribution in [0.2, 0.25) is 0 Å². The van der Waals surface area contributed by atoms with Gasteiger partial charge in [-0.05, 0) is 79.7 Å². The van der Waals surface area contributed by atoms with Crippen LogP contribution in [0.4, 0.5) is 0 Å². The first-order valence-electron chi connectivity index (χ1n) is 15.7. The Balaban J connectivity index is 0.000000204. The normalized spacial score (nSPS) is 10.5. The number of para-hydroxylation sites is 1. The van der Waals surface area contributed by atoms with Crippen LogP contribution >= 0.6 is 0 Å². The summed E-state index contributed by atoms with van der Waals surface area (Å²) in [5, 5.41) is 44.3. The molecule has 15 heteroatoms. The van der Waals surface area contributed by atoms with Gasteiger partial charge in [0, 0.05) is 33.4 Å². The summed E-state index contributed by atoms with van der Waals surface area (Å²) in [5.74, 6) is -1.44. The number of rotatable bonds is 11. The van der Waals surface area contributed by atoms with Gasteiger partial charge < -0.3 is 45.3 Å². The number of carboxylic acids is 2. The zero-order chi connectivity index (χ0) is 38.1. The van der Waals surface area contributed by atoms with Crippen LogP contribution in [0.3, 0.4) is 0 Å². The van der Waals surface area contributed by atoms with Crippen molar-refractivity contribution < 1.29 is 53.8 Å². The summed E-state index contributed by atoms with van der Waals surface area (Å²) < 4.78 is 16.6. The van der Waals surface area contributed by atoms with Crippen LogP contribution in [0.5, 0.6) is 40.2 Å². The number of hydrogen-bond donors (Lipinski definition) is 6. The van der Waals surface area contributed by atoms with Crippen molar-refractivity contribution in [1.82, 2.24) is 20.6 Å². The number of carboxylic acid groups (broad SMARTS) is 2. The summed E-state index contributed by atoms with van der Waals surface area (Å²) in [6.07, 6.45) is 1.41. The molecule has 15 nitrogen and oxygen atoms in total. The summed E-state index contributed by atoms with van der Waals surface area (Å²) in [6.45, 7) is 0.579. The lowest BCUT2D eigenvalue weighted by molar-refractivity contribution is -0.136. The summed E-state index contributed by atoms with van der Waals surface area (Å²) in [6, 6.07) is 26.2. The minimum Gasteiger partial charge on any atom is -0.505 e. The molecule has 0 spiro atoms. The number of amides is 2. The first-order chi connectivity index (χ1) is 25.4. The van der Waals surface area contributed by atoms with Gasteiger partial charge in [0.25, 0.3) is 11.8 Å². The van der Waals surface area contributed by atoms with Crippen molar-refractivity contribution in [2.45, 2.75) is 6.92 Å². The molecular weight excluding hydrogens is 688 g/mol. The van der Waals surface area contributed by atoms with Gasteiger partial charge in [-0.1, -0.05) is 18.2 Å². The summed E-state index contributed by atoms with van der Waals surface area (Å²) in [7, 11) is 1.58. The SMILES string of the molecule is COc1ccc(Oc2ccc3c(O)c(C(=O)NCC(=O)O)ncc3c2)cc1.Cc1nc(C(=O)NCC(=O)O)c(O)c2ccc(Oc3ccccc3)cc12. The highest BCUT2D eigenvalue weighted by molar-refractivity contribution is 6.04. The minimum atomic E-state index is -1.19. The molecule has 270 valence electrons. The molecule has 6 aromatic rings. The molecule has 6 rings (SSSR count). The lowest BCUT2D eigenvalue weighted by atomic mass is 10.1. The monoisotopic (exact) mass is 720 g/mol. The highest BCUT2D eigenvalue weighted by atomic mass is 16.5. The summed E-state index contributed by atoms with van der Waals surface area (Å²) >= 11 is 0. The Bertz CT molecular complexity index is 2310. The quantitative estimate of drug-likeness (QED) is 0.0985. The van der Waals surface area contributed by atoms with Gasteiger partial charge in [-0.25, -0.2) is 9.97 Å². The Morgan fingerprint density at radius 2 is 1.13 bits per heavy atom. The number of aromatic nitrogens is 2. The molecule has 0 fully saturated rings. The number of aryl methyl sites for hydroxylation is 1. The smallest absolute Gasteiger partial charge is 0.322 e. The number of hydrogen-bond acceptors (Lipinski definition) is 11. The van der Waals surface area contributed by atoms with E-state index in [1.165, 1.54) is 6.20 Å². The predicted molar refractivity (Wildman–Crippen MR) is 191 cm³/mol. The number of benzene rings is 4. The second-order valence-electron chi connectivity index (χ2n) is 11.2. The average Bonchev–Trinajstić information content (AvgIpc) is 3.15. The number of carbonyl (C=O) groups excluding carboxylic acids is 2. The van der Waals surface area contributed by atoms with Gasteiger partial charge in [0.05, 0.1) is 7.11 Å². The van der Waals surface area contributed by atoms with E-state index in [0.29, 0.717) is 56.0 Å². The van der Waals surface area contributed by atoms with Crippen LogP contribution in [0.25, 0.3) is 21.5 Å². The molecule has 2 amide bonds. The molecule has 0 atom stereocenters. The van der Waals surface area contributed by atoms with Gasteiger partial charge in [0.2, 0.25) is 0 Å². The maximum atomic E-state index is 12.1. The standard InChI is InChI=1S/C19H16N2O6.C19H16N2O5/c1-26-12-2-4-13(5-3-12)27-14-6-7-15-11(8-14)9-20-17(18(15)24)19(25)21-10-16(22)23;1-11-15-9-13(26-12-5-3-2-4-6-12)7-8-14(15)18(24)17(21-11)19(25)20-10-16(22)23/h2-9,24H,10H2,1H3,(H,21,25)(H,22,23);2-9,24H,10H2,1H3,(H,20,25)(H,22,23). The van der Waals surface area contributed by atoms with E-state index in [1.54, 1.807) is 74.7 Å². The van der Waals surface area contributed by atoms with E-state index < -0.39 is 36.8 Å². The zero-order valence-electron chi connectivity index (χ0n) is 28.2. The first-order valence-corrected chi connectivity index (χ1v) is 15.7. The fourth-order valence-electron chi connectivity index (χ4n) is 4.96. The molecule has 4 aromatic carbocycles. The third kappa shape index (κ3) is 9.23. The number of fused-ring (bicyclic) bond motifs is 2. The Kier molecular flexibility index (Phi) is 11.5. The molecule has 0 bridgehead atoms. The van der Waals surface area contributed by atoms with E-state index in [1.807, 2.05) is 30.3 Å². The van der Waals surface area contributed by atoms with E-state index in [2.05, 4.69) is 20.6 Å². The van der Waals surface area contributed by atoms with Gasteiger partial charge in [-0.3, -0.25) is 19.2 Å². The van der Waals surface area contributed by atoms with Gasteiger partial charge >= 0.3 is 11.9 Å². The second kappa shape index (κ2) is 16.5. The fourth-order valence-corrected chi connectivity index (χ4v) is 4.96. The highest BCUT2D eigenvalue weighted by Crippen LogP contribution is 2.34. The van der Waals surface area contributed by atoms with Crippen LogP contribution in [0.1, 0.15) is 26.7 Å².